The van der Waals surface area contributed by atoms with E-state index < -0.39 is 0 Å². The maximum absolute atomic E-state index is 12.0. The zero-order chi connectivity index (χ0) is 15.0. The van der Waals surface area contributed by atoms with Crippen molar-refractivity contribution in [1.82, 2.24) is 0 Å². The van der Waals surface area contributed by atoms with Crippen molar-refractivity contribution in [2.24, 2.45) is 11.8 Å². The highest BCUT2D eigenvalue weighted by molar-refractivity contribution is 5.72. The van der Waals surface area contributed by atoms with E-state index in [-0.39, 0.29) is 23.9 Å². The summed E-state index contributed by atoms with van der Waals surface area (Å²) in [6.45, 7) is 9.01. The second-order valence-electron chi connectivity index (χ2n) is 5.66. The molecule has 1 unspecified atom stereocenters. The minimum absolute atomic E-state index is 0.0611. The molecule has 0 aliphatic rings. The van der Waals surface area contributed by atoms with Crippen molar-refractivity contribution in [2.75, 3.05) is 6.61 Å². The molecule has 1 aromatic carbocycles. The van der Waals surface area contributed by atoms with E-state index in [1.54, 1.807) is 0 Å². The highest BCUT2D eigenvalue weighted by Crippen LogP contribution is 2.18. The van der Waals surface area contributed by atoms with E-state index in [2.05, 4.69) is 0 Å². The van der Waals surface area contributed by atoms with E-state index in [0.717, 1.165) is 5.56 Å². The van der Waals surface area contributed by atoms with Gasteiger partial charge in [0, 0.05) is 6.61 Å². The molecule has 0 aliphatic heterocycles. The van der Waals surface area contributed by atoms with Crippen LogP contribution >= 0.6 is 0 Å². The van der Waals surface area contributed by atoms with Gasteiger partial charge in [0.25, 0.3) is 0 Å². The zero-order valence-electron chi connectivity index (χ0n) is 13.0. The van der Waals surface area contributed by atoms with Crippen LogP contribution in [0.25, 0.3) is 0 Å². The lowest BCUT2D eigenvalue weighted by molar-refractivity contribution is -0.154. The lowest BCUT2D eigenvalue weighted by Gasteiger charge is -2.20. The number of rotatable bonds is 8. The quantitative estimate of drug-likeness (QED) is 0.535. The largest absolute Gasteiger partial charge is 0.463 e. The molecule has 3 heteroatoms. The minimum atomic E-state index is -0.113. The molecule has 20 heavy (non-hydrogen) atoms. The second kappa shape index (κ2) is 8.75. The van der Waals surface area contributed by atoms with Crippen LogP contribution < -0.4 is 0 Å². The molecular formula is C17H26O3. The van der Waals surface area contributed by atoms with E-state index in [1.807, 2.05) is 58.0 Å². The Morgan fingerprint density at radius 3 is 2.30 bits per heavy atom. The molecule has 0 radical (unpaired) electrons. The van der Waals surface area contributed by atoms with Gasteiger partial charge in [-0.25, -0.2) is 0 Å². The molecule has 0 heterocycles. The fraction of sp³-hybridized carbons (Fsp3) is 0.588. The van der Waals surface area contributed by atoms with E-state index in [0.29, 0.717) is 19.6 Å². The Bertz CT molecular complexity index is 384. The summed E-state index contributed by atoms with van der Waals surface area (Å²) in [5, 5.41) is 0. The third kappa shape index (κ3) is 6.20. The summed E-state index contributed by atoms with van der Waals surface area (Å²) in [5.74, 6) is 0.0630. The fourth-order valence-electron chi connectivity index (χ4n) is 2.02. The average Bonchev–Trinajstić information content (AvgIpc) is 2.38. The summed E-state index contributed by atoms with van der Waals surface area (Å²) >= 11 is 0. The lowest BCUT2D eigenvalue weighted by atomic mass is 9.93. The Morgan fingerprint density at radius 2 is 1.75 bits per heavy atom. The molecule has 0 saturated carbocycles. The fourth-order valence-corrected chi connectivity index (χ4v) is 2.02. The first-order chi connectivity index (χ1) is 9.50. The summed E-state index contributed by atoms with van der Waals surface area (Å²) in [5.41, 5.74) is 1.15. The summed E-state index contributed by atoms with van der Waals surface area (Å²) in [6.07, 6.45) is 0.643. The van der Waals surface area contributed by atoms with Crippen molar-refractivity contribution in [1.29, 1.82) is 0 Å². The molecule has 0 amide bonds. The number of benzene rings is 1. The van der Waals surface area contributed by atoms with Crippen molar-refractivity contribution >= 4 is 5.97 Å². The van der Waals surface area contributed by atoms with Gasteiger partial charge >= 0.3 is 5.97 Å². The van der Waals surface area contributed by atoms with Gasteiger partial charge in [0.2, 0.25) is 0 Å². The number of hydrogen-bond donors (Lipinski definition) is 0. The van der Waals surface area contributed by atoms with Gasteiger partial charge in [-0.2, -0.15) is 0 Å². The Hall–Kier alpha value is -1.35. The van der Waals surface area contributed by atoms with Crippen molar-refractivity contribution in [3.63, 3.8) is 0 Å². The zero-order valence-corrected chi connectivity index (χ0v) is 13.0. The van der Waals surface area contributed by atoms with Gasteiger partial charge < -0.3 is 9.47 Å². The number of carbonyl (C=O) groups excluding carboxylic acids is 1. The summed E-state index contributed by atoms with van der Waals surface area (Å²) in [4.78, 5) is 12.0. The minimum Gasteiger partial charge on any atom is -0.463 e. The van der Waals surface area contributed by atoms with E-state index in [4.69, 9.17) is 9.47 Å². The van der Waals surface area contributed by atoms with Crippen LogP contribution in [0.5, 0.6) is 0 Å². The molecule has 1 rings (SSSR count). The molecule has 0 spiro atoms. The molecule has 0 bridgehead atoms. The van der Waals surface area contributed by atoms with Crippen LogP contribution in [-0.2, 0) is 20.9 Å². The standard InChI is InChI=1S/C17H26O3/c1-13(2)16(17(18)20-14(3)4)10-11-19-12-15-8-6-5-7-9-15/h5-9,13-14,16H,10-12H2,1-4H3. The van der Waals surface area contributed by atoms with Crippen LogP contribution in [0.1, 0.15) is 39.7 Å². The highest BCUT2D eigenvalue weighted by atomic mass is 16.5. The van der Waals surface area contributed by atoms with Crippen molar-refractivity contribution in [2.45, 2.75) is 46.8 Å². The molecule has 3 nitrogen and oxygen atoms in total. The molecule has 1 atom stereocenters. The first-order valence-electron chi connectivity index (χ1n) is 7.33. The van der Waals surface area contributed by atoms with Crippen LogP contribution in [0.15, 0.2) is 30.3 Å². The molecule has 0 fully saturated rings. The Balaban J connectivity index is 2.34. The van der Waals surface area contributed by atoms with Gasteiger partial charge in [-0.1, -0.05) is 44.2 Å². The predicted molar refractivity (Wildman–Crippen MR) is 80.3 cm³/mol. The van der Waals surface area contributed by atoms with Crippen LogP contribution in [-0.4, -0.2) is 18.7 Å². The first-order valence-corrected chi connectivity index (χ1v) is 7.33. The molecular weight excluding hydrogens is 252 g/mol. The highest BCUT2D eigenvalue weighted by Gasteiger charge is 2.24. The number of ether oxygens (including phenoxy) is 2. The monoisotopic (exact) mass is 278 g/mol. The van der Waals surface area contributed by atoms with Gasteiger partial charge in [0.15, 0.2) is 0 Å². The predicted octanol–water partition coefficient (Wildman–Crippen LogP) is 3.82. The summed E-state index contributed by atoms with van der Waals surface area (Å²) < 4.78 is 10.9. The maximum Gasteiger partial charge on any atom is 0.309 e. The van der Waals surface area contributed by atoms with Crippen molar-refractivity contribution < 1.29 is 14.3 Å². The topological polar surface area (TPSA) is 35.5 Å². The number of esters is 1. The molecule has 112 valence electrons. The van der Waals surface area contributed by atoms with E-state index in [9.17, 15) is 4.79 Å². The van der Waals surface area contributed by atoms with E-state index >= 15 is 0 Å². The Kier molecular flexibility index (Phi) is 7.31. The molecule has 0 aromatic heterocycles. The third-order valence-corrected chi connectivity index (χ3v) is 3.14. The Labute approximate surface area is 122 Å². The average molecular weight is 278 g/mol. The van der Waals surface area contributed by atoms with Crippen LogP contribution in [0.3, 0.4) is 0 Å². The van der Waals surface area contributed by atoms with Crippen molar-refractivity contribution in [3.8, 4) is 0 Å². The van der Waals surface area contributed by atoms with Gasteiger partial charge in [0.05, 0.1) is 18.6 Å². The molecule has 0 N–H and O–H groups in total. The Morgan fingerprint density at radius 1 is 1.10 bits per heavy atom. The van der Waals surface area contributed by atoms with Crippen LogP contribution in [0.2, 0.25) is 0 Å². The second-order valence-corrected chi connectivity index (χ2v) is 5.66. The normalized spacial score (nSPS) is 12.7. The van der Waals surface area contributed by atoms with E-state index in [1.165, 1.54) is 0 Å². The lowest BCUT2D eigenvalue weighted by Crippen LogP contribution is -2.26. The van der Waals surface area contributed by atoms with Crippen molar-refractivity contribution in [3.05, 3.63) is 35.9 Å². The molecule has 1 aromatic rings. The summed E-state index contributed by atoms with van der Waals surface area (Å²) in [7, 11) is 0. The number of hydrogen-bond acceptors (Lipinski definition) is 3. The first kappa shape index (κ1) is 16.7. The maximum atomic E-state index is 12.0. The smallest absolute Gasteiger partial charge is 0.309 e. The van der Waals surface area contributed by atoms with Crippen LogP contribution in [0, 0.1) is 11.8 Å². The molecule has 0 aliphatic carbocycles. The van der Waals surface area contributed by atoms with Gasteiger partial charge in [0.1, 0.15) is 0 Å². The SMILES string of the molecule is CC(C)OC(=O)C(CCOCc1ccccc1)C(C)C. The van der Waals surface area contributed by atoms with Gasteiger partial charge in [-0.3, -0.25) is 4.79 Å². The van der Waals surface area contributed by atoms with Gasteiger partial charge in [-0.15, -0.1) is 0 Å². The molecule has 0 saturated heterocycles. The third-order valence-electron chi connectivity index (χ3n) is 3.14. The summed E-state index contributed by atoms with van der Waals surface area (Å²) in [6, 6.07) is 10.0. The number of carbonyl (C=O) groups is 1. The van der Waals surface area contributed by atoms with Gasteiger partial charge in [-0.05, 0) is 31.7 Å². The van der Waals surface area contributed by atoms with Crippen LogP contribution in [0.4, 0.5) is 0 Å².